The summed E-state index contributed by atoms with van der Waals surface area (Å²) >= 11 is 1.16. The SMILES string of the molecule is COc1ccccc1NC(=O)CSc1nc(=O)[nH]nc1C. The zero-order chi connectivity index (χ0) is 15.2. The Bertz CT molecular complexity index is 702. The summed E-state index contributed by atoms with van der Waals surface area (Å²) < 4.78 is 5.15. The standard InChI is InChI=1S/C13H14N4O3S/c1-8-12(15-13(19)17-16-8)21-7-11(18)14-9-5-3-4-6-10(9)20-2/h3-6H,7H2,1-2H3,(H,14,18)(H,15,17,19). The van der Waals surface area contributed by atoms with Crippen LogP contribution in [0.25, 0.3) is 0 Å². The van der Waals surface area contributed by atoms with E-state index >= 15 is 0 Å². The predicted octanol–water partition coefficient (Wildman–Crippen LogP) is 1.21. The summed E-state index contributed by atoms with van der Waals surface area (Å²) in [5.74, 6) is 0.491. The van der Waals surface area contributed by atoms with Crippen molar-refractivity contribution in [2.45, 2.75) is 11.9 Å². The molecule has 2 N–H and O–H groups in total. The number of methoxy groups -OCH3 is 1. The van der Waals surface area contributed by atoms with E-state index in [4.69, 9.17) is 4.74 Å². The fourth-order valence-electron chi connectivity index (χ4n) is 1.58. The quantitative estimate of drug-likeness (QED) is 0.806. The van der Waals surface area contributed by atoms with Gasteiger partial charge in [-0.2, -0.15) is 10.1 Å². The van der Waals surface area contributed by atoms with Crippen LogP contribution in [-0.4, -0.2) is 34.0 Å². The van der Waals surface area contributed by atoms with Crippen molar-refractivity contribution >= 4 is 23.4 Å². The van der Waals surface area contributed by atoms with Gasteiger partial charge >= 0.3 is 5.69 Å². The first-order valence-corrected chi connectivity index (χ1v) is 7.07. The number of H-pyrrole nitrogens is 1. The molecule has 2 rings (SSSR count). The van der Waals surface area contributed by atoms with E-state index in [0.717, 1.165) is 11.8 Å². The largest absolute Gasteiger partial charge is 0.495 e. The highest BCUT2D eigenvalue weighted by Gasteiger charge is 2.10. The van der Waals surface area contributed by atoms with Gasteiger partial charge in [0.1, 0.15) is 10.8 Å². The van der Waals surface area contributed by atoms with Crippen LogP contribution >= 0.6 is 11.8 Å². The van der Waals surface area contributed by atoms with Crippen LogP contribution in [0.5, 0.6) is 5.75 Å². The molecule has 110 valence electrons. The number of anilines is 1. The van der Waals surface area contributed by atoms with Crippen LogP contribution in [0, 0.1) is 6.92 Å². The number of rotatable bonds is 5. The Hall–Kier alpha value is -2.35. The van der Waals surface area contributed by atoms with Crippen molar-refractivity contribution in [3.05, 3.63) is 40.4 Å². The van der Waals surface area contributed by atoms with Crippen LogP contribution in [0.3, 0.4) is 0 Å². The van der Waals surface area contributed by atoms with Gasteiger partial charge in [0.05, 0.1) is 24.2 Å². The van der Waals surface area contributed by atoms with Gasteiger partial charge in [-0.3, -0.25) is 4.79 Å². The van der Waals surface area contributed by atoms with E-state index < -0.39 is 5.69 Å². The maximum absolute atomic E-state index is 11.9. The van der Waals surface area contributed by atoms with Gasteiger partial charge in [0.2, 0.25) is 5.91 Å². The molecule has 2 aromatic rings. The molecule has 0 fully saturated rings. The van der Waals surface area contributed by atoms with Crippen LogP contribution in [0.4, 0.5) is 5.69 Å². The number of ether oxygens (including phenoxy) is 1. The number of nitrogens with one attached hydrogen (secondary N) is 2. The molecular formula is C13H14N4O3S. The molecule has 0 aliphatic heterocycles. The second-order valence-corrected chi connectivity index (χ2v) is 5.03. The number of amides is 1. The van der Waals surface area contributed by atoms with Gasteiger partial charge < -0.3 is 10.1 Å². The van der Waals surface area contributed by atoms with E-state index in [-0.39, 0.29) is 11.7 Å². The summed E-state index contributed by atoms with van der Waals surface area (Å²) in [7, 11) is 1.54. The van der Waals surface area contributed by atoms with Gasteiger partial charge in [-0.1, -0.05) is 23.9 Å². The van der Waals surface area contributed by atoms with Crippen molar-refractivity contribution in [2.24, 2.45) is 0 Å². The second-order valence-electron chi connectivity index (χ2n) is 4.07. The number of aromatic amines is 1. The fourth-order valence-corrected chi connectivity index (χ4v) is 2.32. The smallest absolute Gasteiger partial charge is 0.362 e. The lowest BCUT2D eigenvalue weighted by Gasteiger charge is -2.09. The first-order chi connectivity index (χ1) is 10.1. The molecule has 0 atom stereocenters. The maximum atomic E-state index is 11.9. The van der Waals surface area contributed by atoms with Crippen LogP contribution in [0.15, 0.2) is 34.1 Å². The number of hydrogen-bond acceptors (Lipinski definition) is 6. The lowest BCUT2D eigenvalue weighted by molar-refractivity contribution is -0.113. The molecule has 0 saturated carbocycles. The van der Waals surface area contributed by atoms with E-state index in [2.05, 4.69) is 20.5 Å². The Labute approximate surface area is 125 Å². The third kappa shape index (κ3) is 4.06. The Morgan fingerprint density at radius 2 is 2.19 bits per heavy atom. The van der Waals surface area contributed by atoms with Crippen molar-refractivity contribution in [2.75, 3.05) is 18.2 Å². The van der Waals surface area contributed by atoms with Crippen molar-refractivity contribution in [1.82, 2.24) is 15.2 Å². The summed E-state index contributed by atoms with van der Waals surface area (Å²) in [6.07, 6.45) is 0. The average molecular weight is 306 g/mol. The van der Waals surface area contributed by atoms with E-state index in [1.165, 1.54) is 7.11 Å². The normalized spacial score (nSPS) is 10.2. The van der Waals surface area contributed by atoms with Crippen LogP contribution in [-0.2, 0) is 4.79 Å². The Morgan fingerprint density at radius 3 is 2.95 bits per heavy atom. The number of hydrogen-bond donors (Lipinski definition) is 2. The van der Waals surface area contributed by atoms with Crippen LogP contribution in [0.2, 0.25) is 0 Å². The van der Waals surface area contributed by atoms with E-state index in [9.17, 15) is 9.59 Å². The van der Waals surface area contributed by atoms with Crippen molar-refractivity contribution in [1.29, 1.82) is 0 Å². The maximum Gasteiger partial charge on any atom is 0.362 e. The lowest BCUT2D eigenvalue weighted by atomic mass is 10.3. The summed E-state index contributed by atoms with van der Waals surface area (Å²) in [6, 6.07) is 7.13. The minimum Gasteiger partial charge on any atom is -0.495 e. The lowest BCUT2D eigenvalue weighted by Crippen LogP contribution is -2.17. The molecule has 0 unspecified atom stereocenters. The number of carbonyl (C=O) groups is 1. The van der Waals surface area contributed by atoms with Crippen LogP contribution < -0.4 is 15.7 Å². The number of para-hydroxylation sites is 2. The average Bonchev–Trinajstić information content (AvgIpc) is 2.49. The van der Waals surface area contributed by atoms with Gasteiger partial charge in [0, 0.05) is 0 Å². The number of carbonyl (C=O) groups excluding carboxylic acids is 1. The Balaban J connectivity index is 1.99. The molecule has 8 heteroatoms. The molecule has 1 aromatic carbocycles. The predicted molar refractivity (Wildman–Crippen MR) is 79.7 cm³/mol. The molecule has 0 saturated heterocycles. The zero-order valence-corrected chi connectivity index (χ0v) is 12.4. The molecule has 1 aromatic heterocycles. The second kappa shape index (κ2) is 6.89. The van der Waals surface area contributed by atoms with Gasteiger partial charge in [-0.15, -0.1) is 0 Å². The summed E-state index contributed by atoms with van der Waals surface area (Å²) in [6.45, 7) is 1.71. The van der Waals surface area contributed by atoms with E-state index in [1.54, 1.807) is 25.1 Å². The van der Waals surface area contributed by atoms with E-state index in [1.807, 2.05) is 6.07 Å². The highest BCUT2D eigenvalue weighted by atomic mass is 32.2. The monoisotopic (exact) mass is 306 g/mol. The van der Waals surface area contributed by atoms with Crippen molar-refractivity contribution in [3.63, 3.8) is 0 Å². The number of aromatic nitrogens is 3. The minimum absolute atomic E-state index is 0.122. The first-order valence-electron chi connectivity index (χ1n) is 6.09. The number of benzene rings is 1. The highest BCUT2D eigenvalue weighted by molar-refractivity contribution is 8.00. The third-order valence-corrected chi connectivity index (χ3v) is 3.62. The first kappa shape index (κ1) is 15.0. The fraction of sp³-hybridized carbons (Fsp3) is 0.231. The molecule has 0 aliphatic carbocycles. The number of aryl methyl sites for hydroxylation is 1. The van der Waals surface area contributed by atoms with Gasteiger partial charge in [-0.05, 0) is 19.1 Å². The molecule has 0 radical (unpaired) electrons. The van der Waals surface area contributed by atoms with Gasteiger partial charge in [-0.25, -0.2) is 9.89 Å². The number of thioether (sulfide) groups is 1. The molecular weight excluding hydrogens is 292 g/mol. The molecule has 1 heterocycles. The van der Waals surface area contributed by atoms with Crippen molar-refractivity contribution in [3.8, 4) is 5.75 Å². The summed E-state index contributed by atoms with van der Waals surface area (Å²) in [5, 5.41) is 9.22. The van der Waals surface area contributed by atoms with Crippen molar-refractivity contribution < 1.29 is 9.53 Å². The molecule has 0 bridgehead atoms. The van der Waals surface area contributed by atoms with E-state index in [0.29, 0.717) is 22.2 Å². The van der Waals surface area contributed by atoms with Crippen LogP contribution in [0.1, 0.15) is 5.69 Å². The zero-order valence-electron chi connectivity index (χ0n) is 11.5. The molecule has 7 nitrogen and oxygen atoms in total. The Kier molecular flexibility index (Phi) is 4.94. The highest BCUT2D eigenvalue weighted by Crippen LogP contribution is 2.23. The Morgan fingerprint density at radius 1 is 1.43 bits per heavy atom. The van der Waals surface area contributed by atoms with Gasteiger partial charge in [0.25, 0.3) is 0 Å². The third-order valence-electron chi connectivity index (χ3n) is 2.55. The minimum atomic E-state index is -0.534. The molecule has 0 aliphatic rings. The summed E-state index contributed by atoms with van der Waals surface area (Å²) in [5.41, 5.74) is 0.636. The number of nitrogens with zero attached hydrogens (tertiary/aromatic N) is 2. The molecule has 21 heavy (non-hydrogen) atoms. The molecule has 0 spiro atoms. The summed E-state index contributed by atoms with van der Waals surface area (Å²) in [4.78, 5) is 26.8. The topological polar surface area (TPSA) is 97.0 Å². The van der Waals surface area contributed by atoms with Gasteiger partial charge in [0.15, 0.2) is 0 Å². The molecule has 1 amide bonds.